The maximum absolute atomic E-state index is 12.2. The molecule has 22 heavy (non-hydrogen) atoms. The van der Waals surface area contributed by atoms with Crippen molar-refractivity contribution in [3.05, 3.63) is 64.4 Å². The summed E-state index contributed by atoms with van der Waals surface area (Å²) in [5, 5.41) is 1.11. The lowest BCUT2D eigenvalue weighted by atomic mass is 10.1. The van der Waals surface area contributed by atoms with E-state index in [0.29, 0.717) is 0 Å². The first-order valence-corrected chi connectivity index (χ1v) is 8.06. The van der Waals surface area contributed by atoms with Crippen LogP contribution in [0.4, 0.5) is 5.69 Å². The topological polar surface area (TPSA) is 48.0 Å². The maximum Gasteiger partial charge on any atom is 0.251 e. The summed E-state index contributed by atoms with van der Waals surface area (Å²) in [6, 6.07) is 15.7. The van der Waals surface area contributed by atoms with Crippen LogP contribution in [0, 0.1) is 0 Å². The van der Waals surface area contributed by atoms with E-state index in [1.165, 1.54) is 5.56 Å². The highest BCUT2D eigenvalue weighted by molar-refractivity contribution is 7.99. The van der Waals surface area contributed by atoms with Crippen LogP contribution >= 0.6 is 11.8 Å². The Morgan fingerprint density at radius 2 is 1.82 bits per heavy atom. The van der Waals surface area contributed by atoms with Crippen LogP contribution in [0.3, 0.4) is 0 Å². The molecule has 0 unspecified atom stereocenters. The Morgan fingerprint density at radius 3 is 2.50 bits per heavy atom. The fourth-order valence-electron chi connectivity index (χ4n) is 2.45. The number of hydrogen-bond donors (Lipinski definition) is 1. The minimum absolute atomic E-state index is 0.00898. The molecule has 0 amide bonds. The minimum atomic E-state index is 0.00898. The van der Waals surface area contributed by atoms with Crippen LogP contribution < -0.4 is 11.3 Å². The molecule has 0 aliphatic heterocycles. The van der Waals surface area contributed by atoms with Crippen LogP contribution in [0.15, 0.2) is 63.1 Å². The second-order valence-electron chi connectivity index (χ2n) is 5.28. The molecule has 112 valence electrons. The molecule has 1 aromatic heterocycles. The third-order valence-corrected chi connectivity index (χ3v) is 4.85. The Bertz CT molecular complexity index is 882. The van der Waals surface area contributed by atoms with Gasteiger partial charge in [-0.15, -0.1) is 0 Å². The van der Waals surface area contributed by atoms with E-state index < -0.39 is 0 Å². The summed E-state index contributed by atoms with van der Waals surface area (Å²) >= 11 is 1.60. The molecule has 0 aliphatic carbocycles. The molecule has 0 spiro atoms. The third kappa shape index (κ3) is 2.74. The maximum atomic E-state index is 12.2. The SMILES string of the molecule is CCc1ccc2c(c1)c(Sc1ccc(N)cc1)cc(=O)n2C. The van der Waals surface area contributed by atoms with Gasteiger partial charge in [0.25, 0.3) is 5.56 Å². The molecule has 0 atom stereocenters. The van der Waals surface area contributed by atoms with E-state index in [0.717, 1.165) is 32.8 Å². The lowest BCUT2D eigenvalue weighted by Gasteiger charge is -2.11. The van der Waals surface area contributed by atoms with E-state index in [-0.39, 0.29) is 5.56 Å². The van der Waals surface area contributed by atoms with Crippen molar-refractivity contribution in [2.45, 2.75) is 23.1 Å². The van der Waals surface area contributed by atoms with Gasteiger partial charge in [-0.2, -0.15) is 0 Å². The summed E-state index contributed by atoms with van der Waals surface area (Å²) in [5.74, 6) is 0. The van der Waals surface area contributed by atoms with Gasteiger partial charge in [0, 0.05) is 34.0 Å². The number of aryl methyl sites for hydroxylation is 2. The summed E-state index contributed by atoms with van der Waals surface area (Å²) in [4.78, 5) is 14.2. The second kappa shape index (κ2) is 5.89. The molecule has 3 rings (SSSR count). The van der Waals surface area contributed by atoms with E-state index >= 15 is 0 Å². The zero-order chi connectivity index (χ0) is 15.7. The van der Waals surface area contributed by atoms with Crippen LogP contribution in [0.2, 0.25) is 0 Å². The Morgan fingerprint density at radius 1 is 1.09 bits per heavy atom. The van der Waals surface area contributed by atoms with Crippen molar-refractivity contribution >= 4 is 28.4 Å². The lowest BCUT2D eigenvalue weighted by Crippen LogP contribution is -2.16. The van der Waals surface area contributed by atoms with E-state index in [4.69, 9.17) is 5.73 Å². The Labute approximate surface area is 133 Å². The Kier molecular flexibility index (Phi) is 3.94. The number of nitrogens with zero attached hydrogens (tertiary/aromatic N) is 1. The van der Waals surface area contributed by atoms with E-state index in [1.807, 2.05) is 37.4 Å². The lowest BCUT2D eigenvalue weighted by molar-refractivity contribution is 0.897. The molecule has 2 aromatic carbocycles. The number of nitrogens with two attached hydrogens (primary N) is 1. The number of aromatic nitrogens is 1. The Hall–Kier alpha value is -2.20. The van der Waals surface area contributed by atoms with Crippen molar-refractivity contribution in [2.24, 2.45) is 7.05 Å². The van der Waals surface area contributed by atoms with E-state index in [2.05, 4.69) is 19.1 Å². The molecule has 1 heterocycles. The van der Waals surface area contributed by atoms with Gasteiger partial charge in [0.15, 0.2) is 0 Å². The van der Waals surface area contributed by atoms with Crippen molar-refractivity contribution in [1.82, 2.24) is 4.57 Å². The predicted octanol–water partition coefficient (Wildman–Crippen LogP) is 3.83. The molecule has 3 nitrogen and oxygen atoms in total. The van der Waals surface area contributed by atoms with E-state index in [9.17, 15) is 4.79 Å². The molecule has 4 heteroatoms. The molecule has 0 saturated carbocycles. The van der Waals surface area contributed by atoms with Crippen LogP contribution in [0.1, 0.15) is 12.5 Å². The molecule has 0 aliphatic rings. The average Bonchev–Trinajstić information content (AvgIpc) is 2.54. The van der Waals surface area contributed by atoms with Crippen molar-refractivity contribution in [3.63, 3.8) is 0 Å². The van der Waals surface area contributed by atoms with Gasteiger partial charge >= 0.3 is 0 Å². The van der Waals surface area contributed by atoms with Crippen LogP contribution in [-0.4, -0.2) is 4.57 Å². The highest BCUT2D eigenvalue weighted by Gasteiger charge is 2.09. The number of anilines is 1. The number of rotatable bonds is 3. The quantitative estimate of drug-likeness (QED) is 0.748. The molecule has 0 radical (unpaired) electrons. The fraction of sp³-hybridized carbons (Fsp3) is 0.167. The number of benzene rings is 2. The Balaban J connectivity index is 2.17. The van der Waals surface area contributed by atoms with Crippen molar-refractivity contribution < 1.29 is 0 Å². The van der Waals surface area contributed by atoms with Gasteiger partial charge in [0.1, 0.15) is 0 Å². The number of fused-ring (bicyclic) bond motifs is 1. The number of nitrogen functional groups attached to an aromatic ring is 1. The summed E-state index contributed by atoms with van der Waals surface area (Å²) in [7, 11) is 1.81. The smallest absolute Gasteiger partial charge is 0.251 e. The summed E-state index contributed by atoms with van der Waals surface area (Å²) < 4.78 is 1.70. The van der Waals surface area contributed by atoms with Gasteiger partial charge < -0.3 is 10.3 Å². The first kappa shape index (κ1) is 14.7. The fourth-order valence-corrected chi connectivity index (χ4v) is 3.40. The van der Waals surface area contributed by atoms with Crippen LogP contribution in [0.25, 0.3) is 10.9 Å². The third-order valence-electron chi connectivity index (χ3n) is 3.79. The number of pyridine rings is 1. The first-order valence-electron chi connectivity index (χ1n) is 7.24. The second-order valence-corrected chi connectivity index (χ2v) is 6.40. The zero-order valence-corrected chi connectivity index (χ0v) is 13.5. The molecule has 0 bridgehead atoms. The van der Waals surface area contributed by atoms with Crippen molar-refractivity contribution in [2.75, 3.05) is 5.73 Å². The molecular formula is C18H18N2OS. The van der Waals surface area contributed by atoms with Crippen LogP contribution in [0.5, 0.6) is 0 Å². The standard InChI is InChI=1S/C18H18N2OS/c1-3-12-4-9-16-15(10-12)17(11-18(21)20(16)2)22-14-7-5-13(19)6-8-14/h4-11H,3,19H2,1-2H3. The van der Waals surface area contributed by atoms with Crippen LogP contribution in [-0.2, 0) is 13.5 Å². The normalized spacial score (nSPS) is 11.0. The van der Waals surface area contributed by atoms with E-state index in [1.54, 1.807) is 22.4 Å². The zero-order valence-electron chi connectivity index (χ0n) is 12.7. The van der Waals surface area contributed by atoms with Gasteiger partial charge in [-0.05, 0) is 48.4 Å². The van der Waals surface area contributed by atoms with Gasteiger partial charge in [0.2, 0.25) is 0 Å². The number of hydrogen-bond acceptors (Lipinski definition) is 3. The van der Waals surface area contributed by atoms with Gasteiger partial charge in [-0.3, -0.25) is 4.79 Å². The molecule has 0 fully saturated rings. The summed E-state index contributed by atoms with van der Waals surface area (Å²) in [5.41, 5.74) is 8.71. The highest BCUT2D eigenvalue weighted by Crippen LogP contribution is 2.33. The molecule has 3 aromatic rings. The molecule has 0 saturated heterocycles. The van der Waals surface area contributed by atoms with Gasteiger partial charge in [-0.1, -0.05) is 24.8 Å². The first-order chi connectivity index (χ1) is 10.6. The monoisotopic (exact) mass is 310 g/mol. The van der Waals surface area contributed by atoms with Crippen molar-refractivity contribution in [3.8, 4) is 0 Å². The van der Waals surface area contributed by atoms with Gasteiger partial charge in [-0.25, -0.2) is 0 Å². The highest BCUT2D eigenvalue weighted by atomic mass is 32.2. The molecular weight excluding hydrogens is 292 g/mol. The van der Waals surface area contributed by atoms with Gasteiger partial charge in [0.05, 0.1) is 5.52 Å². The predicted molar refractivity (Wildman–Crippen MR) is 93.5 cm³/mol. The minimum Gasteiger partial charge on any atom is -0.399 e. The summed E-state index contributed by atoms with van der Waals surface area (Å²) in [6.07, 6.45) is 0.977. The van der Waals surface area contributed by atoms with Crippen molar-refractivity contribution in [1.29, 1.82) is 0 Å². The summed E-state index contributed by atoms with van der Waals surface area (Å²) in [6.45, 7) is 2.13. The molecule has 2 N–H and O–H groups in total. The largest absolute Gasteiger partial charge is 0.399 e. The average molecular weight is 310 g/mol.